The van der Waals surface area contributed by atoms with Crippen LogP contribution in [-0.2, 0) is 11.3 Å². The number of aromatic nitrogens is 2. The minimum absolute atomic E-state index is 0.0151. The van der Waals surface area contributed by atoms with E-state index in [1.165, 1.54) is 0 Å². The van der Waals surface area contributed by atoms with Gasteiger partial charge in [-0.1, -0.05) is 41.0 Å². The van der Waals surface area contributed by atoms with E-state index in [0.717, 1.165) is 11.3 Å². The van der Waals surface area contributed by atoms with Crippen molar-refractivity contribution in [3.63, 3.8) is 0 Å². The SMILES string of the molecule is Cc1ccc(N2CC(c3noc(CNC(=O)c4ccccc4)n3)CC2=O)cc1Cl. The van der Waals surface area contributed by atoms with Gasteiger partial charge >= 0.3 is 0 Å². The molecule has 0 aliphatic carbocycles. The van der Waals surface area contributed by atoms with Crippen molar-refractivity contribution in [1.29, 1.82) is 0 Å². The first-order chi connectivity index (χ1) is 14.0. The Kier molecular flexibility index (Phi) is 5.31. The molecule has 3 aromatic rings. The van der Waals surface area contributed by atoms with Crippen LogP contribution >= 0.6 is 11.6 Å². The van der Waals surface area contributed by atoms with Gasteiger partial charge in [-0.25, -0.2) is 0 Å². The molecule has 2 amide bonds. The number of carbonyl (C=O) groups is 2. The largest absolute Gasteiger partial charge is 0.343 e. The van der Waals surface area contributed by atoms with Gasteiger partial charge in [-0.3, -0.25) is 9.59 Å². The summed E-state index contributed by atoms with van der Waals surface area (Å²) in [5.41, 5.74) is 2.27. The third-order valence-corrected chi connectivity index (χ3v) is 5.28. The minimum atomic E-state index is -0.219. The molecule has 1 atom stereocenters. The van der Waals surface area contributed by atoms with Crippen LogP contribution in [0, 0.1) is 6.92 Å². The Balaban J connectivity index is 1.40. The van der Waals surface area contributed by atoms with Crippen LogP contribution in [0.25, 0.3) is 0 Å². The Hall–Kier alpha value is -3.19. The third-order valence-electron chi connectivity index (χ3n) is 4.88. The van der Waals surface area contributed by atoms with Gasteiger partial charge in [0.05, 0.1) is 6.54 Å². The fraction of sp³-hybridized carbons (Fsp3) is 0.238. The number of halogens is 1. The summed E-state index contributed by atoms with van der Waals surface area (Å²) in [4.78, 5) is 30.6. The molecule has 7 nitrogen and oxygen atoms in total. The van der Waals surface area contributed by atoms with E-state index in [-0.39, 0.29) is 24.3 Å². The highest BCUT2D eigenvalue weighted by atomic mass is 35.5. The van der Waals surface area contributed by atoms with E-state index in [0.29, 0.717) is 35.3 Å². The Morgan fingerprint density at radius 2 is 2.07 bits per heavy atom. The predicted octanol–water partition coefficient (Wildman–Crippen LogP) is 3.48. The number of benzene rings is 2. The zero-order chi connectivity index (χ0) is 20.4. The molecule has 1 fully saturated rings. The van der Waals surface area contributed by atoms with E-state index in [9.17, 15) is 9.59 Å². The first kappa shape index (κ1) is 19.1. The van der Waals surface area contributed by atoms with Crippen LogP contribution in [0.15, 0.2) is 53.1 Å². The second-order valence-corrected chi connectivity index (χ2v) is 7.34. The fourth-order valence-electron chi connectivity index (χ4n) is 3.23. The summed E-state index contributed by atoms with van der Waals surface area (Å²) in [6.45, 7) is 2.49. The Morgan fingerprint density at radius 3 is 2.83 bits per heavy atom. The average molecular weight is 411 g/mol. The summed E-state index contributed by atoms with van der Waals surface area (Å²) < 4.78 is 5.25. The number of nitrogens with zero attached hydrogens (tertiary/aromatic N) is 3. The summed E-state index contributed by atoms with van der Waals surface area (Å²) in [6.07, 6.45) is 0.293. The zero-order valence-electron chi connectivity index (χ0n) is 15.8. The highest BCUT2D eigenvalue weighted by Gasteiger charge is 2.34. The lowest BCUT2D eigenvalue weighted by Crippen LogP contribution is -2.24. The topological polar surface area (TPSA) is 88.3 Å². The lowest BCUT2D eigenvalue weighted by Gasteiger charge is -2.17. The van der Waals surface area contributed by atoms with Crippen molar-refractivity contribution < 1.29 is 14.1 Å². The fourth-order valence-corrected chi connectivity index (χ4v) is 3.41. The quantitative estimate of drug-likeness (QED) is 0.695. The van der Waals surface area contributed by atoms with Crippen LogP contribution in [0.5, 0.6) is 0 Å². The number of rotatable bonds is 5. The standard InChI is InChI=1S/C21H19ClN4O3/c1-13-7-8-16(10-17(13)22)26-12-15(9-19(26)27)20-24-18(29-25-20)11-23-21(28)14-5-3-2-4-6-14/h2-8,10,15H,9,11-12H2,1H3,(H,23,28). The second-order valence-electron chi connectivity index (χ2n) is 6.93. The van der Waals surface area contributed by atoms with Crippen LogP contribution in [0.4, 0.5) is 5.69 Å². The zero-order valence-corrected chi connectivity index (χ0v) is 16.5. The number of aryl methyl sites for hydroxylation is 1. The summed E-state index contributed by atoms with van der Waals surface area (Å²) in [5, 5.41) is 7.37. The summed E-state index contributed by atoms with van der Waals surface area (Å²) in [6, 6.07) is 14.4. The number of nitrogens with one attached hydrogen (secondary N) is 1. The van der Waals surface area contributed by atoms with Crippen molar-refractivity contribution in [3.8, 4) is 0 Å². The van der Waals surface area contributed by atoms with Crippen molar-refractivity contribution in [2.45, 2.75) is 25.8 Å². The van der Waals surface area contributed by atoms with Crippen LogP contribution in [0.3, 0.4) is 0 Å². The first-order valence-electron chi connectivity index (χ1n) is 9.23. The molecule has 1 N–H and O–H groups in total. The normalized spacial score (nSPS) is 16.3. The molecule has 4 rings (SSSR count). The monoisotopic (exact) mass is 410 g/mol. The van der Waals surface area contributed by atoms with Gasteiger partial charge in [-0.15, -0.1) is 0 Å². The number of anilines is 1. The van der Waals surface area contributed by atoms with Gasteiger partial charge < -0.3 is 14.7 Å². The molecule has 1 unspecified atom stereocenters. The number of amides is 2. The summed E-state index contributed by atoms with van der Waals surface area (Å²) in [7, 11) is 0. The smallest absolute Gasteiger partial charge is 0.251 e. The van der Waals surface area contributed by atoms with Gasteiger partial charge in [0.2, 0.25) is 11.8 Å². The third kappa shape index (κ3) is 4.14. The maximum atomic E-state index is 12.5. The highest BCUT2D eigenvalue weighted by molar-refractivity contribution is 6.31. The number of hydrogen-bond donors (Lipinski definition) is 1. The molecule has 29 heavy (non-hydrogen) atoms. The van der Waals surface area contributed by atoms with Gasteiger partial charge in [0.25, 0.3) is 5.91 Å². The molecular formula is C21H19ClN4O3. The van der Waals surface area contributed by atoms with Crippen molar-refractivity contribution in [3.05, 3.63) is 76.4 Å². The van der Waals surface area contributed by atoms with E-state index < -0.39 is 0 Å². The highest BCUT2D eigenvalue weighted by Crippen LogP contribution is 2.32. The molecule has 148 valence electrons. The van der Waals surface area contributed by atoms with Crippen molar-refractivity contribution >= 4 is 29.1 Å². The Labute approximate surface area is 172 Å². The molecular weight excluding hydrogens is 392 g/mol. The molecule has 1 saturated heterocycles. The Morgan fingerprint density at radius 1 is 1.28 bits per heavy atom. The summed E-state index contributed by atoms with van der Waals surface area (Å²) in [5.74, 6) is 0.351. The van der Waals surface area contributed by atoms with Crippen molar-refractivity contribution in [1.82, 2.24) is 15.5 Å². The molecule has 0 spiro atoms. The molecule has 0 saturated carbocycles. The lowest BCUT2D eigenvalue weighted by atomic mass is 10.1. The van der Waals surface area contributed by atoms with E-state index >= 15 is 0 Å². The van der Waals surface area contributed by atoms with Gasteiger partial charge in [-0.05, 0) is 36.8 Å². The Bertz CT molecular complexity index is 1050. The second kappa shape index (κ2) is 8.05. The minimum Gasteiger partial charge on any atom is -0.343 e. The first-order valence-corrected chi connectivity index (χ1v) is 9.61. The average Bonchev–Trinajstić information content (AvgIpc) is 3.35. The van der Waals surface area contributed by atoms with E-state index in [1.807, 2.05) is 25.1 Å². The van der Waals surface area contributed by atoms with Crippen molar-refractivity contribution in [2.75, 3.05) is 11.4 Å². The molecule has 2 aromatic carbocycles. The van der Waals surface area contributed by atoms with Gasteiger partial charge in [0.15, 0.2) is 5.82 Å². The van der Waals surface area contributed by atoms with Crippen molar-refractivity contribution in [2.24, 2.45) is 0 Å². The number of carbonyl (C=O) groups excluding carboxylic acids is 2. The molecule has 1 aliphatic rings. The van der Waals surface area contributed by atoms with Crippen LogP contribution in [0.1, 0.15) is 40.0 Å². The van der Waals surface area contributed by atoms with E-state index in [4.69, 9.17) is 16.1 Å². The molecule has 2 heterocycles. The number of hydrogen-bond acceptors (Lipinski definition) is 5. The lowest BCUT2D eigenvalue weighted by molar-refractivity contribution is -0.117. The van der Waals surface area contributed by atoms with Gasteiger partial charge in [-0.2, -0.15) is 4.98 Å². The van der Waals surface area contributed by atoms with E-state index in [1.54, 1.807) is 35.2 Å². The van der Waals surface area contributed by atoms with E-state index in [2.05, 4.69) is 15.5 Å². The van der Waals surface area contributed by atoms with Crippen LogP contribution in [0.2, 0.25) is 5.02 Å². The molecule has 1 aromatic heterocycles. The predicted molar refractivity (Wildman–Crippen MR) is 108 cm³/mol. The molecule has 8 heteroatoms. The van der Waals surface area contributed by atoms with Gasteiger partial charge in [0, 0.05) is 35.2 Å². The van der Waals surface area contributed by atoms with Crippen LogP contribution in [-0.4, -0.2) is 28.5 Å². The molecule has 0 radical (unpaired) electrons. The van der Waals surface area contributed by atoms with Gasteiger partial charge in [0.1, 0.15) is 0 Å². The maximum Gasteiger partial charge on any atom is 0.251 e. The van der Waals surface area contributed by atoms with Crippen LogP contribution < -0.4 is 10.2 Å². The maximum absolute atomic E-state index is 12.5. The summed E-state index contributed by atoms with van der Waals surface area (Å²) >= 11 is 6.19. The molecule has 1 aliphatic heterocycles. The molecule has 0 bridgehead atoms.